The van der Waals surface area contributed by atoms with Gasteiger partial charge in [-0.3, -0.25) is 14.6 Å². The molecule has 2 amide bonds. The summed E-state index contributed by atoms with van der Waals surface area (Å²) < 4.78 is 0. The van der Waals surface area contributed by atoms with Crippen molar-refractivity contribution in [2.24, 2.45) is 11.3 Å². The lowest BCUT2D eigenvalue weighted by Gasteiger charge is -2.23. The van der Waals surface area contributed by atoms with Gasteiger partial charge < -0.3 is 16.0 Å². The van der Waals surface area contributed by atoms with Crippen molar-refractivity contribution in [1.29, 1.82) is 0 Å². The molecule has 0 bridgehead atoms. The first-order valence-electron chi connectivity index (χ1n) is 9.46. The highest BCUT2D eigenvalue weighted by atomic mass is 16.2. The van der Waals surface area contributed by atoms with Crippen molar-refractivity contribution in [3.05, 3.63) is 59.9 Å². The van der Waals surface area contributed by atoms with Gasteiger partial charge in [-0.1, -0.05) is 18.2 Å². The molecule has 2 aromatic rings. The third-order valence-electron chi connectivity index (χ3n) is 5.71. The van der Waals surface area contributed by atoms with Crippen molar-refractivity contribution in [2.75, 3.05) is 18.4 Å². The summed E-state index contributed by atoms with van der Waals surface area (Å²) in [7, 11) is 0. The monoisotopic (exact) mass is 364 g/mol. The van der Waals surface area contributed by atoms with E-state index in [4.69, 9.17) is 0 Å². The number of anilines is 1. The first-order valence-corrected chi connectivity index (χ1v) is 9.46. The summed E-state index contributed by atoms with van der Waals surface area (Å²) in [5.74, 6) is -0.113. The summed E-state index contributed by atoms with van der Waals surface area (Å²) >= 11 is 0. The van der Waals surface area contributed by atoms with Gasteiger partial charge in [-0.2, -0.15) is 0 Å². The third kappa shape index (κ3) is 3.85. The van der Waals surface area contributed by atoms with Gasteiger partial charge in [0.05, 0.1) is 11.3 Å². The number of amides is 2. The lowest BCUT2D eigenvalue weighted by atomic mass is 9.91. The van der Waals surface area contributed by atoms with E-state index in [9.17, 15) is 9.59 Å². The van der Waals surface area contributed by atoms with Crippen molar-refractivity contribution in [3.63, 3.8) is 0 Å². The Hall–Kier alpha value is -2.73. The molecular formula is C21H24N4O2. The van der Waals surface area contributed by atoms with Crippen molar-refractivity contribution in [1.82, 2.24) is 15.6 Å². The molecule has 1 unspecified atom stereocenters. The van der Waals surface area contributed by atoms with Crippen LogP contribution in [0.1, 0.15) is 35.2 Å². The molecule has 4 rings (SSSR count). The van der Waals surface area contributed by atoms with Crippen molar-refractivity contribution in [3.8, 4) is 0 Å². The van der Waals surface area contributed by atoms with Crippen LogP contribution in [0, 0.1) is 11.3 Å². The molecule has 2 fully saturated rings. The maximum absolute atomic E-state index is 12.7. The Morgan fingerprint density at radius 3 is 2.74 bits per heavy atom. The minimum absolute atomic E-state index is 0.0319. The molecule has 1 atom stereocenters. The average molecular weight is 364 g/mol. The number of rotatable bonds is 5. The van der Waals surface area contributed by atoms with E-state index in [1.54, 1.807) is 30.6 Å². The molecule has 2 aliphatic rings. The van der Waals surface area contributed by atoms with Gasteiger partial charge in [0.15, 0.2) is 0 Å². The predicted octanol–water partition coefficient (Wildman–Crippen LogP) is 2.34. The number of pyridine rings is 1. The van der Waals surface area contributed by atoms with Crippen molar-refractivity contribution >= 4 is 17.5 Å². The van der Waals surface area contributed by atoms with Crippen LogP contribution in [0.25, 0.3) is 0 Å². The van der Waals surface area contributed by atoms with Crippen LogP contribution in [0.4, 0.5) is 5.69 Å². The number of nitrogens with zero attached hydrogens (tertiary/aromatic N) is 1. The summed E-state index contributed by atoms with van der Waals surface area (Å²) in [4.78, 5) is 29.4. The maximum Gasteiger partial charge on any atom is 0.253 e. The van der Waals surface area contributed by atoms with E-state index in [0.29, 0.717) is 17.8 Å². The average Bonchev–Trinajstić information content (AvgIpc) is 3.41. The van der Waals surface area contributed by atoms with Crippen molar-refractivity contribution in [2.45, 2.75) is 25.8 Å². The summed E-state index contributed by atoms with van der Waals surface area (Å²) in [5, 5.41) is 9.23. The van der Waals surface area contributed by atoms with Gasteiger partial charge in [-0.05, 0) is 61.5 Å². The van der Waals surface area contributed by atoms with Crippen LogP contribution in [0.5, 0.6) is 0 Å². The largest absolute Gasteiger partial charge is 0.348 e. The normalized spacial score (nSPS) is 20.1. The molecule has 2 heterocycles. The fraction of sp³-hybridized carbons (Fsp3) is 0.381. The molecule has 3 N–H and O–H groups in total. The number of para-hydroxylation sites is 1. The van der Waals surface area contributed by atoms with Crippen LogP contribution in [0.3, 0.4) is 0 Å². The lowest BCUT2D eigenvalue weighted by molar-refractivity contribution is -0.118. The number of carbonyl (C=O) groups excluding carboxylic acids is 2. The molecule has 0 radical (unpaired) electrons. The van der Waals surface area contributed by atoms with Gasteiger partial charge >= 0.3 is 0 Å². The number of carbonyl (C=O) groups is 2. The smallest absolute Gasteiger partial charge is 0.253 e. The lowest BCUT2D eigenvalue weighted by Crippen LogP contribution is -2.32. The summed E-state index contributed by atoms with van der Waals surface area (Å²) in [6.45, 7) is 2.36. The quantitative estimate of drug-likeness (QED) is 0.760. The molecule has 6 heteroatoms. The van der Waals surface area contributed by atoms with E-state index in [0.717, 1.165) is 37.9 Å². The summed E-state index contributed by atoms with van der Waals surface area (Å²) in [6, 6.07) is 10.9. The van der Waals surface area contributed by atoms with E-state index >= 15 is 0 Å². The Kier molecular flexibility index (Phi) is 4.90. The van der Waals surface area contributed by atoms with Crippen LogP contribution >= 0.6 is 0 Å². The highest BCUT2D eigenvalue weighted by Crippen LogP contribution is 2.58. The SMILES string of the molecule is O=C(NCc1cccnc1)c1ccccc1NC(=O)C1CC12CCNCC2. The molecule has 140 valence electrons. The minimum atomic E-state index is -0.206. The number of hydrogen-bond acceptors (Lipinski definition) is 4. The molecule has 1 aliphatic heterocycles. The zero-order valence-corrected chi connectivity index (χ0v) is 15.2. The molecule has 1 aliphatic carbocycles. The maximum atomic E-state index is 12.7. The zero-order chi connectivity index (χ0) is 18.7. The molecule has 1 saturated heterocycles. The first kappa shape index (κ1) is 17.7. The Labute approximate surface area is 158 Å². The van der Waals surface area contributed by atoms with E-state index in [2.05, 4.69) is 20.9 Å². The topological polar surface area (TPSA) is 83.1 Å². The molecule has 1 spiro atoms. The van der Waals surface area contributed by atoms with E-state index in [1.807, 2.05) is 18.2 Å². The number of benzene rings is 1. The van der Waals surface area contributed by atoms with Crippen LogP contribution in [-0.2, 0) is 11.3 Å². The highest BCUT2D eigenvalue weighted by Gasteiger charge is 2.57. The standard InChI is InChI=1S/C21H24N4O2/c26-19(24-14-15-4-3-9-23-13-15)16-5-1-2-6-18(16)25-20(27)17-12-21(17)7-10-22-11-8-21/h1-6,9,13,17,22H,7-8,10-12,14H2,(H,24,26)(H,25,27). The second kappa shape index (κ2) is 7.48. The first-order chi connectivity index (χ1) is 13.2. The molecule has 1 saturated carbocycles. The van der Waals surface area contributed by atoms with Gasteiger partial charge in [0.1, 0.15) is 0 Å². The second-order valence-corrected chi connectivity index (χ2v) is 7.45. The number of aromatic nitrogens is 1. The Balaban J connectivity index is 1.40. The highest BCUT2D eigenvalue weighted by molar-refractivity contribution is 6.04. The fourth-order valence-electron chi connectivity index (χ4n) is 3.99. The number of piperidine rings is 1. The van der Waals surface area contributed by atoms with E-state index < -0.39 is 0 Å². The van der Waals surface area contributed by atoms with Gasteiger partial charge in [0.2, 0.25) is 5.91 Å². The predicted molar refractivity (Wildman–Crippen MR) is 103 cm³/mol. The molecule has 6 nitrogen and oxygen atoms in total. The van der Waals surface area contributed by atoms with Gasteiger partial charge in [0, 0.05) is 24.9 Å². The van der Waals surface area contributed by atoms with Gasteiger partial charge in [-0.25, -0.2) is 0 Å². The van der Waals surface area contributed by atoms with E-state index in [1.165, 1.54) is 0 Å². The minimum Gasteiger partial charge on any atom is -0.348 e. The summed E-state index contributed by atoms with van der Waals surface area (Å²) in [6.07, 6.45) is 6.48. The van der Waals surface area contributed by atoms with Crippen LogP contribution in [-0.4, -0.2) is 29.9 Å². The number of nitrogens with one attached hydrogen (secondary N) is 3. The Bertz CT molecular complexity index is 831. The zero-order valence-electron chi connectivity index (χ0n) is 15.2. The molecular weight excluding hydrogens is 340 g/mol. The van der Waals surface area contributed by atoms with Gasteiger partial charge in [0.25, 0.3) is 5.91 Å². The Morgan fingerprint density at radius 1 is 1.15 bits per heavy atom. The van der Waals surface area contributed by atoms with Gasteiger partial charge in [-0.15, -0.1) is 0 Å². The second-order valence-electron chi connectivity index (χ2n) is 7.45. The third-order valence-corrected chi connectivity index (χ3v) is 5.71. The molecule has 1 aromatic carbocycles. The molecule has 27 heavy (non-hydrogen) atoms. The van der Waals surface area contributed by atoms with Crippen molar-refractivity contribution < 1.29 is 9.59 Å². The summed E-state index contributed by atoms with van der Waals surface area (Å²) in [5.41, 5.74) is 2.16. The Morgan fingerprint density at radius 2 is 1.96 bits per heavy atom. The van der Waals surface area contributed by atoms with Crippen LogP contribution in [0.15, 0.2) is 48.8 Å². The number of hydrogen-bond donors (Lipinski definition) is 3. The van der Waals surface area contributed by atoms with Crippen LogP contribution in [0.2, 0.25) is 0 Å². The van der Waals surface area contributed by atoms with E-state index in [-0.39, 0.29) is 23.1 Å². The molecule has 1 aromatic heterocycles. The fourth-order valence-corrected chi connectivity index (χ4v) is 3.99. The van der Waals surface area contributed by atoms with Crippen LogP contribution < -0.4 is 16.0 Å².